The fourth-order valence-electron chi connectivity index (χ4n) is 2.84. The Balaban J connectivity index is 1.53. The van der Waals surface area contributed by atoms with Gasteiger partial charge in [0.1, 0.15) is 5.82 Å². The lowest BCUT2D eigenvalue weighted by molar-refractivity contribution is 0.286. The van der Waals surface area contributed by atoms with E-state index in [1.165, 1.54) is 0 Å². The van der Waals surface area contributed by atoms with E-state index in [0.717, 1.165) is 54.0 Å². The van der Waals surface area contributed by atoms with E-state index in [1.54, 1.807) is 6.20 Å². The number of benzene rings is 1. The third-order valence-corrected chi connectivity index (χ3v) is 4.41. The van der Waals surface area contributed by atoms with E-state index < -0.39 is 0 Å². The van der Waals surface area contributed by atoms with Gasteiger partial charge in [-0.05, 0) is 44.0 Å². The molecule has 0 saturated carbocycles. The summed E-state index contributed by atoms with van der Waals surface area (Å²) in [5, 5.41) is 20.5. The van der Waals surface area contributed by atoms with Crippen molar-refractivity contribution in [2.45, 2.75) is 19.8 Å². The van der Waals surface area contributed by atoms with Crippen LogP contribution >= 0.6 is 11.6 Å². The lowest BCUT2D eigenvalue weighted by Crippen LogP contribution is -2.15. The van der Waals surface area contributed by atoms with Crippen molar-refractivity contribution in [3.63, 3.8) is 0 Å². The molecule has 2 heterocycles. The summed E-state index contributed by atoms with van der Waals surface area (Å²) in [6.45, 7) is 4.32. The Hall–Kier alpha value is -2.64. The molecular weight excluding hydrogens is 376 g/mol. The molecule has 2 aromatic heterocycles. The van der Waals surface area contributed by atoms with Gasteiger partial charge in [-0.25, -0.2) is 4.98 Å². The highest BCUT2D eigenvalue weighted by atomic mass is 35.5. The van der Waals surface area contributed by atoms with Crippen LogP contribution in [0.2, 0.25) is 5.02 Å². The fraction of sp³-hybridized carbons (Fsp3) is 0.350. The smallest absolute Gasteiger partial charge is 0.224 e. The zero-order chi connectivity index (χ0) is 19.8. The van der Waals surface area contributed by atoms with Crippen LogP contribution in [0.1, 0.15) is 18.5 Å². The second-order valence-corrected chi connectivity index (χ2v) is 6.89. The van der Waals surface area contributed by atoms with Crippen LogP contribution in [-0.2, 0) is 0 Å². The minimum Gasteiger partial charge on any atom is -0.396 e. The van der Waals surface area contributed by atoms with Gasteiger partial charge in [-0.2, -0.15) is 4.98 Å². The summed E-state index contributed by atoms with van der Waals surface area (Å²) in [5.41, 5.74) is 2.79. The van der Waals surface area contributed by atoms with Gasteiger partial charge in [-0.1, -0.05) is 11.6 Å². The third kappa shape index (κ3) is 5.68. The number of rotatable bonds is 10. The normalized spacial score (nSPS) is 10.8. The van der Waals surface area contributed by atoms with Crippen LogP contribution in [0.3, 0.4) is 0 Å². The van der Waals surface area contributed by atoms with E-state index in [-0.39, 0.29) is 6.61 Å². The summed E-state index contributed by atoms with van der Waals surface area (Å²) >= 11 is 6.04. The summed E-state index contributed by atoms with van der Waals surface area (Å²) in [6.07, 6.45) is 3.42. The van der Waals surface area contributed by atoms with E-state index in [2.05, 4.69) is 30.9 Å². The van der Waals surface area contributed by atoms with Gasteiger partial charge in [0.05, 0.1) is 5.52 Å². The molecule has 0 spiro atoms. The molecule has 0 aliphatic rings. The fourth-order valence-corrected chi connectivity index (χ4v) is 3.00. The summed E-state index contributed by atoms with van der Waals surface area (Å²) in [5.74, 6) is 1.38. The lowest BCUT2D eigenvalue weighted by Gasteiger charge is -2.12. The monoisotopic (exact) mass is 400 g/mol. The van der Waals surface area contributed by atoms with Gasteiger partial charge in [0.25, 0.3) is 0 Å². The molecule has 3 aromatic rings. The number of nitrogens with one attached hydrogen (secondary N) is 3. The van der Waals surface area contributed by atoms with Gasteiger partial charge < -0.3 is 21.1 Å². The molecule has 0 bridgehead atoms. The number of halogens is 1. The molecule has 0 saturated heterocycles. The minimum atomic E-state index is 0.204. The predicted octanol–water partition coefficient (Wildman–Crippen LogP) is 3.70. The Kier molecular flexibility index (Phi) is 7.22. The minimum absolute atomic E-state index is 0.204. The highest BCUT2D eigenvalue weighted by Gasteiger charge is 2.04. The Morgan fingerprint density at radius 2 is 1.82 bits per heavy atom. The molecule has 0 unspecified atom stereocenters. The number of hydrogen-bond donors (Lipinski definition) is 4. The molecule has 1 aromatic carbocycles. The van der Waals surface area contributed by atoms with Crippen molar-refractivity contribution < 1.29 is 5.11 Å². The summed E-state index contributed by atoms with van der Waals surface area (Å²) in [4.78, 5) is 13.2. The number of aliphatic hydroxyl groups excluding tert-OH is 1. The maximum atomic E-state index is 8.84. The number of fused-ring (bicyclic) bond motifs is 1. The van der Waals surface area contributed by atoms with Gasteiger partial charge in [0.15, 0.2) is 0 Å². The van der Waals surface area contributed by atoms with Gasteiger partial charge in [0.2, 0.25) is 5.95 Å². The van der Waals surface area contributed by atoms with Gasteiger partial charge >= 0.3 is 0 Å². The number of unbranched alkanes of at least 4 members (excludes halogenated alkanes) is 1. The molecule has 0 aliphatic carbocycles. The van der Waals surface area contributed by atoms with E-state index in [0.29, 0.717) is 17.5 Å². The quantitative estimate of drug-likeness (QED) is 0.385. The standard InChI is InChI=1S/C20H25ClN6O/c1-14-12-19(27-20(26-14)25-7-2-3-11-28)24-10-9-23-17-6-8-22-18-13-15(21)4-5-16(17)18/h4-6,8,12-13,28H,2-3,7,9-11H2,1H3,(H,22,23)(H2,24,25,26,27). The molecule has 0 radical (unpaired) electrons. The van der Waals surface area contributed by atoms with E-state index in [9.17, 15) is 0 Å². The molecule has 0 atom stereocenters. The molecule has 7 nitrogen and oxygen atoms in total. The van der Waals surface area contributed by atoms with Gasteiger partial charge in [-0.15, -0.1) is 0 Å². The van der Waals surface area contributed by atoms with Crippen molar-refractivity contribution in [3.8, 4) is 0 Å². The molecular formula is C20H25ClN6O. The first-order chi connectivity index (χ1) is 13.7. The van der Waals surface area contributed by atoms with Gasteiger partial charge in [0, 0.05) is 60.3 Å². The van der Waals surface area contributed by atoms with E-state index in [4.69, 9.17) is 16.7 Å². The molecule has 0 aliphatic heterocycles. The summed E-state index contributed by atoms with van der Waals surface area (Å²) < 4.78 is 0. The van der Waals surface area contributed by atoms with Crippen molar-refractivity contribution in [1.82, 2.24) is 15.0 Å². The number of aromatic nitrogens is 3. The number of aliphatic hydroxyl groups is 1. The first-order valence-electron chi connectivity index (χ1n) is 9.38. The van der Waals surface area contributed by atoms with Crippen LogP contribution in [0.25, 0.3) is 10.9 Å². The second-order valence-electron chi connectivity index (χ2n) is 6.45. The summed E-state index contributed by atoms with van der Waals surface area (Å²) in [7, 11) is 0. The number of hydrogen-bond acceptors (Lipinski definition) is 7. The maximum Gasteiger partial charge on any atom is 0.224 e. The lowest BCUT2D eigenvalue weighted by atomic mass is 10.2. The van der Waals surface area contributed by atoms with Crippen LogP contribution < -0.4 is 16.0 Å². The zero-order valence-corrected chi connectivity index (χ0v) is 16.6. The number of anilines is 3. The molecule has 148 valence electrons. The van der Waals surface area contributed by atoms with Crippen molar-refractivity contribution in [2.24, 2.45) is 0 Å². The highest BCUT2D eigenvalue weighted by Crippen LogP contribution is 2.24. The van der Waals surface area contributed by atoms with E-state index >= 15 is 0 Å². The maximum absolute atomic E-state index is 8.84. The highest BCUT2D eigenvalue weighted by molar-refractivity contribution is 6.31. The third-order valence-electron chi connectivity index (χ3n) is 4.17. The molecule has 0 amide bonds. The van der Waals surface area contributed by atoms with Crippen molar-refractivity contribution in [2.75, 3.05) is 42.2 Å². The Bertz CT molecular complexity index is 920. The van der Waals surface area contributed by atoms with Crippen LogP contribution in [0.15, 0.2) is 36.5 Å². The van der Waals surface area contributed by atoms with Crippen LogP contribution in [0, 0.1) is 6.92 Å². The largest absolute Gasteiger partial charge is 0.396 e. The van der Waals surface area contributed by atoms with Crippen LogP contribution in [-0.4, -0.2) is 46.3 Å². The average Bonchev–Trinajstić information content (AvgIpc) is 2.68. The summed E-state index contributed by atoms with van der Waals surface area (Å²) in [6, 6.07) is 9.58. The average molecular weight is 401 g/mol. The zero-order valence-electron chi connectivity index (χ0n) is 15.9. The van der Waals surface area contributed by atoms with Crippen molar-refractivity contribution in [3.05, 3.63) is 47.2 Å². The SMILES string of the molecule is Cc1cc(NCCNc2ccnc3cc(Cl)ccc23)nc(NCCCCO)n1. The van der Waals surface area contributed by atoms with Gasteiger partial charge in [-0.3, -0.25) is 4.98 Å². The Labute approximate surface area is 169 Å². The molecule has 8 heteroatoms. The Morgan fingerprint density at radius 1 is 0.964 bits per heavy atom. The van der Waals surface area contributed by atoms with Crippen molar-refractivity contribution in [1.29, 1.82) is 0 Å². The molecule has 0 fully saturated rings. The molecule has 28 heavy (non-hydrogen) atoms. The first kappa shape index (κ1) is 20.1. The number of pyridine rings is 1. The van der Waals surface area contributed by atoms with Crippen LogP contribution in [0.5, 0.6) is 0 Å². The van der Waals surface area contributed by atoms with Crippen molar-refractivity contribution >= 4 is 40.0 Å². The number of nitrogens with zero attached hydrogens (tertiary/aromatic N) is 3. The van der Waals surface area contributed by atoms with Crippen LogP contribution in [0.4, 0.5) is 17.5 Å². The molecule has 4 N–H and O–H groups in total. The molecule has 3 rings (SSSR count). The number of aryl methyl sites for hydroxylation is 1. The predicted molar refractivity (Wildman–Crippen MR) is 115 cm³/mol. The first-order valence-corrected chi connectivity index (χ1v) is 9.76. The van der Waals surface area contributed by atoms with E-state index in [1.807, 2.05) is 37.3 Å². The Morgan fingerprint density at radius 3 is 2.68 bits per heavy atom. The second kappa shape index (κ2) is 10.1. The topological polar surface area (TPSA) is 95.0 Å².